The van der Waals surface area contributed by atoms with E-state index in [2.05, 4.69) is 34.6 Å². The average molecular weight is 282 g/mol. The standard InChI is InChI=1S/C16H30N2O2/c1-11-6-7-12(8-13(11)17)14(19)18-9-15(2,3)20-16(4,5)10-18/h11-13H,6-10,17H2,1-5H3. The van der Waals surface area contributed by atoms with Crippen LogP contribution in [0.2, 0.25) is 0 Å². The minimum atomic E-state index is -0.276. The fourth-order valence-electron chi connectivity index (χ4n) is 3.78. The van der Waals surface area contributed by atoms with Crippen molar-refractivity contribution >= 4 is 5.91 Å². The lowest BCUT2D eigenvalue weighted by Gasteiger charge is -2.48. The van der Waals surface area contributed by atoms with E-state index in [1.807, 2.05) is 4.90 Å². The average Bonchev–Trinajstić information content (AvgIpc) is 2.27. The van der Waals surface area contributed by atoms with Gasteiger partial charge >= 0.3 is 0 Å². The molecule has 0 aromatic carbocycles. The minimum absolute atomic E-state index is 0.103. The Labute approximate surface area is 123 Å². The zero-order valence-corrected chi connectivity index (χ0v) is 13.6. The Morgan fingerprint density at radius 3 is 2.20 bits per heavy atom. The van der Waals surface area contributed by atoms with Crippen LogP contribution in [-0.2, 0) is 9.53 Å². The van der Waals surface area contributed by atoms with Crippen molar-refractivity contribution in [2.24, 2.45) is 17.6 Å². The Hall–Kier alpha value is -0.610. The quantitative estimate of drug-likeness (QED) is 0.802. The molecule has 2 N–H and O–H groups in total. The molecule has 4 heteroatoms. The molecule has 2 fully saturated rings. The molecule has 3 atom stereocenters. The van der Waals surface area contributed by atoms with Crippen molar-refractivity contribution in [3.63, 3.8) is 0 Å². The highest BCUT2D eigenvalue weighted by Crippen LogP contribution is 2.33. The maximum Gasteiger partial charge on any atom is 0.225 e. The van der Waals surface area contributed by atoms with Gasteiger partial charge < -0.3 is 15.4 Å². The highest BCUT2D eigenvalue weighted by Gasteiger charge is 2.42. The molecule has 1 aliphatic carbocycles. The summed E-state index contributed by atoms with van der Waals surface area (Å²) < 4.78 is 6.05. The number of amides is 1. The number of ether oxygens (including phenoxy) is 1. The first-order valence-corrected chi connectivity index (χ1v) is 7.84. The monoisotopic (exact) mass is 282 g/mol. The fourth-order valence-corrected chi connectivity index (χ4v) is 3.78. The van der Waals surface area contributed by atoms with E-state index in [1.165, 1.54) is 0 Å². The molecule has 1 aliphatic heterocycles. The molecule has 2 aliphatic rings. The molecule has 4 nitrogen and oxygen atoms in total. The second-order valence-corrected chi connectivity index (χ2v) is 7.97. The van der Waals surface area contributed by atoms with Crippen LogP contribution in [-0.4, -0.2) is 41.1 Å². The first-order chi connectivity index (χ1) is 9.10. The molecule has 2 rings (SSSR count). The SMILES string of the molecule is CC1CCC(C(=O)N2CC(C)(C)OC(C)(C)C2)CC1N. The summed E-state index contributed by atoms with van der Waals surface area (Å²) in [5.74, 6) is 0.916. The largest absolute Gasteiger partial charge is 0.366 e. The zero-order chi connectivity index (χ0) is 15.1. The van der Waals surface area contributed by atoms with Gasteiger partial charge in [-0.3, -0.25) is 4.79 Å². The lowest BCUT2D eigenvalue weighted by atomic mass is 9.78. The van der Waals surface area contributed by atoms with Gasteiger partial charge in [-0.25, -0.2) is 0 Å². The van der Waals surface area contributed by atoms with Crippen LogP contribution in [0, 0.1) is 11.8 Å². The van der Waals surface area contributed by atoms with Gasteiger partial charge in [0, 0.05) is 25.0 Å². The second-order valence-electron chi connectivity index (χ2n) is 7.97. The van der Waals surface area contributed by atoms with Gasteiger partial charge in [0.15, 0.2) is 0 Å². The van der Waals surface area contributed by atoms with E-state index < -0.39 is 0 Å². The third-order valence-corrected chi connectivity index (χ3v) is 4.61. The van der Waals surface area contributed by atoms with E-state index in [-0.39, 0.29) is 29.1 Å². The van der Waals surface area contributed by atoms with Gasteiger partial charge in [0.2, 0.25) is 5.91 Å². The van der Waals surface area contributed by atoms with Crippen LogP contribution in [0.5, 0.6) is 0 Å². The third-order valence-electron chi connectivity index (χ3n) is 4.61. The lowest BCUT2D eigenvalue weighted by Crippen LogP contribution is -2.60. The van der Waals surface area contributed by atoms with Crippen molar-refractivity contribution < 1.29 is 9.53 Å². The van der Waals surface area contributed by atoms with Crippen molar-refractivity contribution in [2.75, 3.05) is 13.1 Å². The van der Waals surface area contributed by atoms with E-state index in [0.717, 1.165) is 19.3 Å². The number of hydrogen-bond donors (Lipinski definition) is 1. The van der Waals surface area contributed by atoms with Crippen LogP contribution in [0.15, 0.2) is 0 Å². The molecular formula is C16H30N2O2. The van der Waals surface area contributed by atoms with Gasteiger partial charge in [-0.2, -0.15) is 0 Å². The maximum absolute atomic E-state index is 12.8. The van der Waals surface area contributed by atoms with Crippen LogP contribution >= 0.6 is 0 Å². The van der Waals surface area contributed by atoms with E-state index in [4.69, 9.17) is 10.5 Å². The second kappa shape index (κ2) is 5.30. The van der Waals surface area contributed by atoms with Gasteiger partial charge in [-0.15, -0.1) is 0 Å². The molecule has 0 spiro atoms. The van der Waals surface area contributed by atoms with Crippen LogP contribution in [0.1, 0.15) is 53.9 Å². The molecular weight excluding hydrogens is 252 g/mol. The van der Waals surface area contributed by atoms with Gasteiger partial charge in [-0.05, 0) is 52.9 Å². The topological polar surface area (TPSA) is 55.6 Å². The molecule has 1 saturated heterocycles. The number of carbonyl (C=O) groups excluding carboxylic acids is 1. The molecule has 0 aromatic heterocycles. The van der Waals surface area contributed by atoms with Crippen LogP contribution < -0.4 is 5.73 Å². The number of carbonyl (C=O) groups is 1. The Bertz CT molecular complexity index is 363. The summed E-state index contributed by atoms with van der Waals surface area (Å²) in [5.41, 5.74) is 5.59. The third kappa shape index (κ3) is 3.53. The van der Waals surface area contributed by atoms with E-state index in [0.29, 0.717) is 19.0 Å². The summed E-state index contributed by atoms with van der Waals surface area (Å²) in [6.07, 6.45) is 2.87. The minimum Gasteiger partial charge on any atom is -0.366 e. The van der Waals surface area contributed by atoms with Gasteiger partial charge in [0.05, 0.1) is 11.2 Å². The number of nitrogens with two attached hydrogens (primary N) is 1. The molecule has 0 bridgehead atoms. The summed E-state index contributed by atoms with van der Waals surface area (Å²) in [5, 5.41) is 0. The Morgan fingerprint density at radius 1 is 1.15 bits per heavy atom. The fraction of sp³-hybridized carbons (Fsp3) is 0.938. The molecule has 0 radical (unpaired) electrons. The van der Waals surface area contributed by atoms with Gasteiger partial charge in [-0.1, -0.05) is 6.92 Å². The molecule has 116 valence electrons. The number of rotatable bonds is 1. The molecule has 1 heterocycles. The predicted molar refractivity (Wildman–Crippen MR) is 80.3 cm³/mol. The zero-order valence-electron chi connectivity index (χ0n) is 13.6. The number of morpholine rings is 1. The van der Waals surface area contributed by atoms with Crippen molar-refractivity contribution in [1.29, 1.82) is 0 Å². The smallest absolute Gasteiger partial charge is 0.225 e. The van der Waals surface area contributed by atoms with Crippen molar-refractivity contribution in [3.8, 4) is 0 Å². The summed E-state index contributed by atoms with van der Waals surface area (Å²) in [6.45, 7) is 11.8. The van der Waals surface area contributed by atoms with Crippen LogP contribution in [0.3, 0.4) is 0 Å². The Kier molecular flexibility index (Phi) is 4.18. The molecule has 1 amide bonds. The van der Waals surface area contributed by atoms with Crippen molar-refractivity contribution in [2.45, 2.75) is 71.1 Å². The lowest BCUT2D eigenvalue weighted by molar-refractivity contribution is -0.190. The molecule has 0 aromatic rings. The first-order valence-electron chi connectivity index (χ1n) is 7.84. The Balaban J connectivity index is 2.05. The molecule has 20 heavy (non-hydrogen) atoms. The number of nitrogens with zero attached hydrogens (tertiary/aromatic N) is 1. The summed E-state index contributed by atoms with van der Waals surface area (Å²) in [7, 11) is 0. The van der Waals surface area contributed by atoms with E-state index in [1.54, 1.807) is 0 Å². The highest BCUT2D eigenvalue weighted by molar-refractivity contribution is 5.79. The van der Waals surface area contributed by atoms with Gasteiger partial charge in [0.1, 0.15) is 0 Å². The van der Waals surface area contributed by atoms with Crippen molar-refractivity contribution in [3.05, 3.63) is 0 Å². The Morgan fingerprint density at radius 2 is 1.70 bits per heavy atom. The van der Waals surface area contributed by atoms with Crippen LogP contribution in [0.4, 0.5) is 0 Å². The summed E-state index contributed by atoms with van der Waals surface area (Å²) >= 11 is 0. The maximum atomic E-state index is 12.8. The summed E-state index contributed by atoms with van der Waals surface area (Å²) in [6, 6.07) is 0.166. The predicted octanol–water partition coefficient (Wildman–Crippen LogP) is 2.17. The number of hydrogen-bond acceptors (Lipinski definition) is 3. The molecule has 3 unspecified atom stereocenters. The molecule has 1 saturated carbocycles. The highest BCUT2D eigenvalue weighted by atomic mass is 16.5. The van der Waals surface area contributed by atoms with Crippen molar-refractivity contribution in [1.82, 2.24) is 4.90 Å². The van der Waals surface area contributed by atoms with Gasteiger partial charge in [0.25, 0.3) is 0 Å². The first kappa shape index (κ1) is 15.8. The van der Waals surface area contributed by atoms with Crippen LogP contribution in [0.25, 0.3) is 0 Å². The van der Waals surface area contributed by atoms with E-state index >= 15 is 0 Å². The van der Waals surface area contributed by atoms with E-state index in [9.17, 15) is 4.79 Å². The summed E-state index contributed by atoms with van der Waals surface area (Å²) in [4.78, 5) is 14.8. The normalized spacial score (nSPS) is 36.7.